The van der Waals surface area contributed by atoms with Gasteiger partial charge in [0.2, 0.25) is 0 Å². The first-order valence-electron chi connectivity index (χ1n) is 4.58. The summed E-state index contributed by atoms with van der Waals surface area (Å²) in [5.74, 6) is 0.707. The summed E-state index contributed by atoms with van der Waals surface area (Å²) in [4.78, 5) is 11.0. The third-order valence-corrected chi connectivity index (χ3v) is 2.86. The summed E-state index contributed by atoms with van der Waals surface area (Å²) in [6.45, 7) is 6.61. The first kappa shape index (κ1) is 10.3. The van der Waals surface area contributed by atoms with E-state index in [9.17, 15) is 4.79 Å². The molecule has 0 spiro atoms. The van der Waals surface area contributed by atoms with E-state index in [1.807, 2.05) is 6.92 Å². The molecule has 1 aliphatic carbocycles. The number of alkyl carbamates (subject to hydrolysis) is 1. The van der Waals surface area contributed by atoms with Crippen LogP contribution in [0.15, 0.2) is 0 Å². The molecule has 1 rings (SSSR count). The van der Waals surface area contributed by atoms with E-state index in [0.29, 0.717) is 18.4 Å². The predicted molar refractivity (Wildman–Crippen MR) is 48.2 cm³/mol. The van der Waals surface area contributed by atoms with Gasteiger partial charge in [0.05, 0.1) is 7.11 Å². The van der Waals surface area contributed by atoms with Crippen molar-refractivity contribution in [1.82, 2.24) is 5.32 Å². The van der Waals surface area contributed by atoms with Crippen LogP contribution in [0.4, 0.5) is 4.79 Å². The number of methoxy groups -OCH3 is 1. The van der Waals surface area contributed by atoms with Crippen molar-refractivity contribution in [3.63, 3.8) is 0 Å². The Morgan fingerprint density at radius 1 is 1.46 bits per heavy atom. The number of hydrogen-bond acceptors (Lipinski definition) is 3. The molecule has 4 nitrogen and oxygen atoms in total. The molecule has 0 bridgehead atoms. The number of rotatable bonds is 3. The lowest BCUT2D eigenvalue weighted by molar-refractivity contribution is -0.00219. The molecular weight excluding hydrogens is 170 g/mol. The minimum Gasteiger partial charge on any atom is -0.453 e. The van der Waals surface area contributed by atoms with Gasteiger partial charge in [-0.1, -0.05) is 13.8 Å². The maximum Gasteiger partial charge on any atom is 0.409 e. The van der Waals surface area contributed by atoms with E-state index in [-0.39, 0.29) is 0 Å². The van der Waals surface area contributed by atoms with Gasteiger partial charge in [-0.25, -0.2) is 4.79 Å². The molecular formula is C9H17NO3. The molecule has 0 heterocycles. The minimum atomic E-state index is -0.484. The van der Waals surface area contributed by atoms with Crippen LogP contribution in [-0.4, -0.2) is 25.5 Å². The third kappa shape index (κ3) is 1.63. The van der Waals surface area contributed by atoms with Crippen molar-refractivity contribution >= 4 is 6.09 Å². The molecule has 1 amide bonds. The number of nitrogens with one attached hydrogen (secondary N) is 1. The summed E-state index contributed by atoms with van der Waals surface area (Å²) in [5, 5.41) is 2.73. The van der Waals surface area contributed by atoms with Gasteiger partial charge in [0.1, 0.15) is 5.72 Å². The molecule has 2 atom stereocenters. The van der Waals surface area contributed by atoms with Crippen molar-refractivity contribution in [3.8, 4) is 0 Å². The van der Waals surface area contributed by atoms with Crippen LogP contribution in [0.1, 0.15) is 20.8 Å². The fourth-order valence-corrected chi connectivity index (χ4v) is 1.71. The Balaban J connectivity index is 2.56. The second kappa shape index (κ2) is 3.54. The van der Waals surface area contributed by atoms with E-state index in [1.54, 1.807) is 0 Å². The Kier molecular flexibility index (Phi) is 2.81. The van der Waals surface area contributed by atoms with Crippen molar-refractivity contribution in [2.75, 3.05) is 13.7 Å². The maximum absolute atomic E-state index is 11.0. The third-order valence-electron chi connectivity index (χ3n) is 2.86. The molecule has 1 fully saturated rings. The Morgan fingerprint density at radius 2 is 2.00 bits per heavy atom. The van der Waals surface area contributed by atoms with Gasteiger partial charge in [-0.3, -0.25) is 5.32 Å². The minimum absolute atomic E-state index is 0.353. The van der Waals surface area contributed by atoms with Crippen molar-refractivity contribution in [1.29, 1.82) is 0 Å². The van der Waals surface area contributed by atoms with Crippen LogP contribution in [0, 0.1) is 11.8 Å². The summed E-state index contributed by atoms with van der Waals surface area (Å²) in [5.41, 5.74) is -0.484. The molecule has 1 aliphatic rings. The van der Waals surface area contributed by atoms with Crippen LogP contribution in [0.25, 0.3) is 0 Å². The summed E-state index contributed by atoms with van der Waals surface area (Å²) >= 11 is 0. The Morgan fingerprint density at radius 3 is 2.31 bits per heavy atom. The van der Waals surface area contributed by atoms with Crippen LogP contribution in [0.2, 0.25) is 0 Å². The Bertz CT molecular complexity index is 197. The smallest absolute Gasteiger partial charge is 0.409 e. The summed E-state index contributed by atoms with van der Waals surface area (Å²) in [6, 6.07) is 0. The summed E-state index contributed by atoms with van der Waals surface area (Å²) in [6.07, 6.45) is -0.426. The SMILES string of the molecule is CCOC1(NC(=O)OC)[C@H](C)[C@H]1C. The van der Waals surface area contributed by atoms with Crippen molar-refractivity contribution in [2.45, 2.75) is 26.5 Å². The van der Waals surface area contributed by atoms with E-state index < -0.39 is 11.8 Å². The predicted octanol–water partition coefficient (Wildman–Crippen LogP) is 1.36. The van der Waals surface area contributed by atoms with Gasteiger partial charge >= 0.3 is 6.09 Å². The number of carbonyl (C=O) groups is 1. The zero-order valence-electron chi connectivity index (χ0n) is 8.59. The van der Waals surface area contributed by atoms with E-state index in [4.69, 9.17) is 4.74 Å². The fraction of sp³-hybridized carbons (Fsp3) is 0.889. The summed E-state index contributed by atoms with van der Waals surface area (Å²) in [7, 11) is 1.35. The van der Waals surface area contributed by atoms with Gasteiger partial charge in [0.25, 0.3) is 0 Å². The largest absolute Gasteiger partial charge is 0.453 e. The van der Waals surface area contributed by atoms with Gasteiger partial charge in [-0.05, 0) is 6.92 Å². The second-order valence-electron chi connectivity index (χ2n) is 3.42. The molecule has 0 aromatic heterocycles. The van der Waals surface area contributed by atoms with Gasteiger partial charge in [0, 0.05) is 18.4 Å². The number of ether oxygens (including phenoxy) is 2. The van der Waals surface area contributed by atoms with Crippen LogP contribution >= 0.6 is 0 Å². The van der Waals surface area contributed by atoms with Crippen molar-refractivity contribution < 1.29 is 14.3 Å². The van der Waals surface area contributed by atoms with E-state index >= 15 is 0 Å². The van der Waals surface area contributed by atoms with Gasteiger partial charge in [-0.2, -0.15) is 0 Å². The van der Waals surface area contributed by atoms with Gasteiger partial charge in [0.15, 0.2) is 0 Å². The highest BCUT2D eigenvalue weighted by atomic mass is 16.6. The highest BCUT2D eigenvalue weighted by molar-refractivity contribution is 5.68. The zero-order valence-corrected chi connectivity index (χ0v) is 8.59. The number of amides is 1. The monoisotopic (exact) mass is 187 g/mol. The molecule has 0 radical (unpaired) electrons. The molecule has 0 aromatic carbocycles. The number of hydrogen-bond donors (Lipinski definition) is 1. The molecule has 4 heteroatoms. The average Bonchev–Trinajstić information content (AvgIpc) is 2.59. The lowest BCUT2D eigenvalue weighted by atomic mass is 10.4. The van der Waals surface area contributed by atoms with Crippen molar-refractivity contribution in [3.05, 3.63) is 0 Å². The van der Waals surface area contributed by atoms with E-state index in [2.05, 4.69) is 23.9 Å². The van der Waals surface area contributed by atoms with E-state index in [0.717, 1.165) is 0 Å². The van der Waals surface area contributed by atoms with Crippen LogP contribution in [0.3, 0.4) is 0 Å². The topological polar surface area (TPSA) is 47.6 Å². The lowest BCUT2D eigenvalue weighted by Crippen LogP contribution is -2.41. The molecule has 0 unspecified atom stereocenters. The normalized spacial score (nSPS) is 36.9. The van der Waals surface area contributed by atoms with Gasteiger partial charge < -0.3 is 9.47 Å². The average molecular weight is 187 g/mol. The Hall–Kier alpha value is -0.770. The number of carbonyl (C=O) groups excluding carboxylic acids is 1. The maximum atomic E-state index is 11.0. The quantitative estimate of drug-likeness (QED) is 0.679. The Labute approximate surface area is 78.6 Å². The second-order valence-corrected chi connectivity index (χ2v) is 3.42. The highest BCUT2D eigenvalue weighted by Crippen LogP contribution is 2.50. The molecule has 13 heavy (non-hydrogen) atoms. The standard InChI is InChI=1S/C9H17NO3/c1-5-13-9(6(2)7(9)3)10-8(11)12-4/h6-7H,5H2,1-4H3,(H,10,11)/t6-,7-/m1/s1. The van der Waals surface area contributed by atoms with E-state index in [1.165, 1.54) is 7.11 Å². The molecule has 1 N–H and O–H groups in total. The van der Waals surface area contributed by atoms with Crippen molar-refractivity contribution in [2.24, 2.45) is 11.8 Å². The first-order valence-corrected chi connectivity index (χ1v) is 4.58. The van der Waals surface area contributed by atoms with Crippen LogP contribution < -0.4 is 5.32 Å². The van der Waals surface area contributed by atoms with Crippen LogP contribution in [0.5, 0.6) is 0 Å². The first-order chi connectivity index (χ1) is 6.08. The molecule has 0 aliphatic heterocycles. The molecule has 0 saturated heterocycles. The fourth-order valence-electron chi connectivity index (χ4n) is 1.71. The molecule has 1 saturated carbocycles. The molecule has 0 aromatic rings. The highest BCUT2D eigenvalue weighted by Gasteiger charge is 2.62. The zero-order chi connectivity index (χ0) is 10.1. The molecule has 76 valence electrons. The van der Waals surface area contributed by atoms with Crippen LogP contribution in [-0.2, 0) is 9.47 Å². The lowest BCUT2D eigenvalue weighted by Gasteiger charge is -2.18. The van der Waals surface area contributed by atoms with Gasteiger partial charge in [-0.15, -0.1) is 0 Å². The summed E-state index contributed by atoms with van der Waals surface area (Å²) < 4.78 is 10.1.